The van der Waals surface area contributed by atoms with Crippen molar-refractivity contribution in [3.8, 4) is 11.1 Å². The molecule has 0 spiro atoms. The summed E-state index contributed by atoms with van der Waals surface area (Å²) in [6, 6.07) is 16.4. The number of fused-ring (bicyclic) bond motifs is 3. The molecular formula is C25H30N2O5. The second-order valence-electron chi connectivity index (χ2n) is 7.83. The second kappa shape index (κ2) is 11.3. The van der Waals surface area contributed by atoms with Crippen molar-refractivity contribution in [2.75, 3.05) is 26.2 Å². The third kappa shape index (κ3) is 5.87. The molecule has 0 unspecified atom stereocenters. The zero-order valence-corrected chi connectivity index (χ0v) is 18.4. The van der Waals surface area contributed by atoms with Gasteiger partial charge >= 0.3 is 12.1 Å². The summed E-state index contributed by atoms with van der Waals surface area (Å²) in [6.07, 6.45) is 1.08. The average molecular weight is 439 g/mol. The van der Waals surface area contributed by atoms with Crippen molar-refractivity contribution >= 4 is 18.0 Å². The Morgan fingerprint density at radius 1 is 0.969 bits per heavy atom. The van der Waals surface area contributed by atoms with E-state index in [4.69, 9.17) is 9.84 Å². The van der Waals surface area contributed by atoms with Crippen molar-refractivity contribution in [2.45, 2.75) is 38.5 Å². The number of hydrogen-bond acceptors (Lipinski definition) is 4. The number of carboxylic acid groups (broad SMARTS) is 1. The fraction of sp³-hybridized carbons (Fsp3) is 0.400. The lowest BCUT2D eigenvalue weighted by molar-refractivity contribution is -0.138. The van der Waals surface area contributed by atoms with E-state index in [1.165, 1.54) is 22.3 Å². The van der Waals surface area contributed by atoms with Crippen LogP contribution in [0.5, 0.6) is 0 Å². The van der Waals surface area contributed by atoms with Crippen molar-refractivity contribution in [2.24, 2.45) is 0 Å². The van der Waals surface area contributed by atoms with Crippen molar-refractivity contribution in [1.82, 2.24) is 10.2 Å². The van der Waals surface area contributed by atoms with Gasteiger partial charge in [-0.05, 0) is 42.0 Å². The maximum atomic E-state index is 12.2. The van der Waals surface area contributed by atoms with E-state index < -0.39 is 12.1 Å². The van der Waals surface area contributed by atoms with Gasteiger partial charge in [-0.15, -0.1) is 0 Å². The van der Waals surface area contributed by atoms with Crippen LogP contribution >= 0.6 is 0 Å². The van der Waals surface area contributed by atoms with Gasteiger partial charge in [-0.1, -0.05) is 48.5 Å². The largest absolute Gasteiger partial charge is 0.481 e. The fourth-order valence-corrected chi connectivity index (χ4v) is 4.09. The SMILES string of the molecule is CCN(CCC(=O)O)C(=O)CCCCNC(=O)OCC1c2ccccc2-c2ccccc21. The highest BCUT2D eigenvalue weighted by Crippen LogP contribution is 2.44. The molecule has 0 atom stereocenters. The summed E-state index contributed by atoms with van der Waals surface area (Å²) in [6.45, 7) is 3.24. The molecule has 7 heteroatoms. The van der Waals surface area contributed by atoms with Gasteiger partial charge in [-0.2, -0.15) is 0 Å². The lowest BCUT2D eigenvalue weighted by Crippen LogP contribution is -2.33. The van der Waals surface area contributed by atoms with Crippen LogP contribution in [0.15, 0.2) is 48.5 Å². The van der Waals surface area contributed by atoms with Crippen LogP contribution in [0.2, 0.25) is 0 Å². The molecule has 0 bridgehead atoms. The maximum Gasteiger partial charge on any atom is 0.407 e. The zero-order valence-electron chi connectivity index (χ0n) is 18.4. The Morgan fingerprint density at radius 2 is 1.59 bits per heavy atom. The molecule has 0 aliphatic heterocycles. The van der Waals surface area contributed by atoms with Gasteiger partial charge in [0.05, 0.1) is 6.42 Å². The highest BCUT2D eigenvalue weighted by atomic mass is 16.5. The normalized spacial score (nSPS) is 12.0. The van der Waals surface area contributed by atoms with Crippen LogP contribution in [-0.2, 0) is 14.3 Å². The number of nitrogens with zero attached hydrogens (tertiary/aromatic N) is 1. The van der Waals surface area contributed by atoms with Crippen LogP contribution in [0.3, 0.4) is 0 Å². The van der Waals surface area contributed by atoms with E-state index in [0.717, 1.165) is 0 Å². The van der Waals surface area contributed by atoms with Crippen LogP contribution in [-0.4, -0.2) is 54.2 Å². The van der Waals surface area contributed by atoms with Crippen molar-refractivity contribution in [3.63, 3.8) is 0 Å². The van der Waals surface area contributed by atoms with Gasteiger partial charge in [-0.3, -0.25) is 9.59 Å². The monoisotopic (exact) mass is 438 g/mol. The summed E-state index contributed by atoms with van der Waals surface area (Å²) in [5.74, 6) is -0.949. The molecule has 32 heavy (non-hydrogen) atoms. The van der Waals surface area contributed by atoms with Gasteiger partial charge < -0.3 is 20.1 Å². The number of alkyl carbamates (subject to hydrolysis) is 1. The van der Waals surface area contributed by atoms with E-state index in [1.54, 1.807) is 4.90 Å². The summed E-state index contributed by atoms with van der Waals surface area (Å²) in [5, 5.41) is 11.5. The van der Waals surface area contributed by atoms with Crippen LogP contribution in [0, 0.1) is 0 Å². The predicted molar refractivity (Wildman–Crippen MR) is 121 cm³/mol. The number of unbranched alkanes of at least 4 members (excludes halogenated alkanes) is 1. The Kier molecular flexibility index (Phi) is 8.25. The van der Waals surface area contributed by atoms with Gasteiger partial charge in [0.25, 0.3) is 0 Å². The molecule has 0 saturated carbocycles. The Labute approximate surface area is 188 Å². The van der Waals surface area contributed by atoms with Gasteiger partial charge in [0, 0.05) is 32.0 Å². The summed E-state index contributed by atoms with van der Waals surface area (Å²) in [7, 11) is 0. The molecule has 1 aliphatic carbocycles. The number of ether oxygens (including phenoxy) is 1. The summed E-state index contributed by atoms with van der Waals surface area (Å²) in [4.78, 5) is 36.5. The first-order chi connectivity index (χ1) is 15.5. The predicted octanol–water partition coefficient (Wildman–Crippen LogP) is 4.02. The number of rotatable bonds is 11. The lowest BCUT2D eigenvalue weighted by Gasteiger charge is -2.19. The fourth-order valence-electron chi connectivity index (χ4n) is 4.09. The number of nitrogens with one attached hydrogen (secondary N) is 1. The number of amides is 2. The maximum absolute atomic E-state index is 12.2. The Morgan fingerprint density at radius 3 is 2.19 bits per heavy atom. The van der Waals surface area contributed by atoms with Crippen molar-refractivity contribution < 1.29 is 24.2 Å². The van der Waals surface area contributed by atoms with E-state index in [2.05, 4.69) is 29.6 Å². The lowest BCUT2D eigenvalue weighted by atomic mass is 9.98. The summed E-state index contributed by atoms with van der Waals surface area (Å²) < 4.78 is 5.50. The molecule has 2 amide bonds. The molecule has 7 nitrogen and oxygen atoms in total. The Bertz CT molecular complexity index is 913. The molecule has 3 rings (SSSR count). The van der Waals surface area contributed by atoms with Crippen LogP contribution in [0.25, 0.3) is 11.1 Å². The van der Waals surface area contributed by atoms with Gasteiger partial charge in [0.1, 0.15) is 6.61 Å². The highest BCUT2D eigenvalue weighted by Gasteiger charge is 2.28. The van der Waals surface area contributed by atoms with Gasteiger partial charge in [0.15, 0.2) is 0 Å². The number of benzene rings is 2. The number of carboxylic acids is 1. The third-order valence-electron chi connectivity index (χ3n) is 5.76. The molecule has 2 aromatic rings. The topological polar surface area (TPSA) is 95.9 Å². The molecule has 0 aromatic heterocycles. The molecule has 0 fully saturated rings. The van der Waals surface area contributed by atoms with E-state index in [-0.39, 0.29) is 31.4 Å². The third-order valence-corrected chi connectivity index (χ3v) is 5.76. The molecular weight excluding hydrogens is 408 g/mol. The molecule has 2 aromatic carbocycles. The molecule has 2 N–H and O–H groups in total. The smallest absolute Gasteiger partial charge is 0.407 e. The van der Waals surface area contributed by atoms with Crippen LogP contribution in [0.4, 0.5) is 4.79 Å². The zero-order chi connectivity index (χ0) is 22.9. The molecule has 170 valence electrons. The van der Waals surface area contributed by atoms with Crippen molar-refractivity contribution in [3.05, 3.63) is 59.7 Å². The standard InChI is InChI=1S/C25H30N2O5/c1-2-27(16-14-24(29)30)23(28)13-7-8-15-26-25(31)32-17-22-20-11-5-3-9-18(20)19-10-4-6-12-21(19)22/h3-6,9-12,22H,2,7-8,13-17H2,1H3,(H,26,31)(H,29,30). The minimum atomic E-state index is -0.913. The molecule has 1 aliphatic rings. The summed E-state index contributed by atoms with van der Waals surface area (Å²) >= 11 is 0. The first-order valence-electron chi connectivity index (χ1n) is 11.1. The Balaban J connectivity index is 1.38. The minimum absolute atomic E-state index is 0.0246. The minimum Gasteiger partial charge on any atom is -0.481 e. The highest BCUT2D eigenvalue weighted by molar-refractivity contribution is 5.79. The first-order valence-corrected chi connectivity index (χ1v) is 11.1. The quantitative estimate of drug-likeness (QED) is 0.517. The number of carbonyl (C=O) groups is 3. The molecule has 0 heterocycles. The van der Waals surface area contributed by atoms with E-state index in [0.29, 0.717) is 32.4 Å². The summed E-state index contributed by atoms with van der Waals surface area (Å²) in [5.41, 5.74) is 4.71. The number of carbonyl (C=O) groups excluding carboxylic acids is 2. The second-order valence-corrected chi connectivity index (χ2v) is 7.83. The van der Waals surface area contributed by atoms with E-state index >= 15 is 0 Å². The van der Waals surface area contributed by atoms with E-state index in [9.17, 15) is 14.4 Å². The van der Waals surface area contributed by atoms with Crippen LogP contribution < -0.4 is 5.32 Å². The van der Waals surface area contributed by atoms with Gasteiger partial charge in [-0.25, -0.2) is 4.79 Å². The molecule has 0 saturated heterocycles. The Hall–Kier alpha value is -3.35. The first kappa shape index (κ1) is 23.3. The number of aliphatic carboxylic acids is 1. The van der Waals surface area contributed by atoms with Crippen LogP contribution in [0.1, 0.15) is 49.7 Å². The molecule has 0 radical (unpaired) electrons. The van der Waals surface area contributed by atoms with Gasteiger partial charge in [0.2, 0.25) is 5.91 Å². The van der Waals surface area contributed by atoms with Crippen molar-refractivity contribution in [1.29, 1.82) is 0 Å². The average Bonchev–Trinajstić information content (AvgIpc) is 3.11. The van der Waals surface area contributed by atoms with E-state index in [1.807, 2.05) is 31.2 Å². The number of hydrogen-bond donors (Lipinski definition) is 2.